The Labute approximate surface area is 150 Å². The number of aliphatic hydroxyl groups excluding tert-OH is 1. The third-order valence-electron chi connectivity index (χ3n) is 5.10. The lowest BCUT2D eigenvalue weighted by atomic mass is 9.64. The normalized spacial score (nSPS) is 28.8. The number of hydroxylamine groups is 1. The fraction of sp³-hybridized carbons (Fsp3) is 0.389. The van der Waals surface area contributed by atoms with Gasteiger partial charge in [-0.05, 0) is 31.4 Å². The molecule has 2 atom stereocenters. The highest BCUT2D eigenvalue weighted by Gasteiger charge is 2.52. The van der Waals surface area contributed by atoms with Crippen LogP contribution in [0.2, 0.25) is 0 Å². The summed E-state index contributed by atoms with van der Waals surface area (Å²) in [6, 6.07) is 9.72. The lowest BCUT2D eigenvalue weighted by Crippen LogP contribution is -2.42. The second-order valence-electron chi connectivity index (χ2n) is 6.82. The number of primary amides is 1. The molecule has 1 fully saturated rings. The number of nitrogens with two attached hydrogens (primary N) is 1. The summed E-state index contributed by atoms with van der Waals surface area (Å²) in [7, 11) is 0. The molecular weight excluding hydrogens is 336 g/mol. The molecule has 1 aromatic heterocycles. The number of benzene rings is 1. The van der Waals surface area contributed by atoms with Crippen LogP contribution in [-0.4, -0.2) is 21.2 Å². The zero-order valence-electron chi connectivity index (χ0n) is 14.3. The lowest BCUT2D eigenvalue weighted by Gasteiger charge is -2.43. The van der Waals surface area contributed by atoms with Crippen LogP contribution in [0.4, 0.5) is 0 Å². The fourth-order valence-electron chi connectivity index (χ4n) is 3.56. The molecule has 1 aliphatic heterocycles. The minimum atomic E-state index is -0.769. The van der Waals surface area contributed by atoms with Crippen LogP contribution in [0, 0.1) is 5.92 Å². The van der Waals surface area contributed by atoms with Crippen molar-refractivity contribution in [2.45, 2.75) is 37.4 Å². The highest BCUT2D eigenvalue weighted by atomic mass is 16.7. The van der Waals surface area contributed by atoms with Crippen LogP contribution < -0.4 is 11.2 Å². The predicted octanol–water partition coefficient (Wildman–Crippen LogP) is 1.42. The second-order valence-corrected chi connectivity index (χ2v) is 6.82. The summed E-state index contributed by atoms with van der Waals surface area (Å²) < 4.78 is 5.27. The molecule has 1 saturated carbocycles. The summed E-state index contributed by atoms with van der Waals surface area (Å²) in [4.78, 5) is 21.7. The summed E-state index contributed by atoms with van der Waals surface area (Å²) in [6.45, 7) is 1.59. The molecule has 4 N–H and O–H groups in total. The van der Waals surface area contributed by atoms with Gasteiger partial charge in [0.1, 0.15) is 17.4 Å². The molecule has 136 valence electrons. The Bertz CT molecular complexity index is 842. The minimum Gasteiger partial charge on any atom is -0.385 e. The van der Waals surface area contributed by atoms with Crippen molar-refractivity contribution in [1.29, 1.82) is 0 Å². The Hall–Kier alpha value is -2.71. The largest absolute Gasteiger partial charge is 0.385 e. The van der Waals surface area contributed by atoms with Gasteiger partial charge < -0.3 is 15.4 Å². The van der Waals surface area contributed by atoms with Crippen molar-refractivity contribution in [3.63, 3.8) is 0 Å². The maximum Gasteiger partial charge on any atom is 0.266 e. The SMILES string of the molecule is C[C@@H](O)c1noc(C2CC(C3(c4ccccc4)C=C(C(N)=O)NO3)C2)n1. The first-order chi connectivity index (χ1) is 12.5. The van der Waals surface area contributed by atoms with E-state index >= 15 is 0 Å². The van der Waals surface area contributed by atoms with Crippen LogP contribution in [0.15, 0.2) is 46.6 Å². The van der Waals surface area contributed by atoms with E-state index in [4.69, 9.17) is 15.1 Å². The number of nitrogens with zero attached hydrogens (tertiary/aromatic N) is 2. The van der Waals surface area contributed by atoms with Crippen molar-refractivity contribution in [3.8, 4) is 0 Å². The second kappa shape index (κ2) is 6.22. The third kappa shape index (κ3) is 2.67. The van der Waals surface area contributed by atoms with E-state index in [-0.39, 0.29) is 23.4 Å². The van der Waals surface area contributed by atoms with E-state index in [0.29, 0.717) is 5.89 Å². The van der Waals surface area contributed by atoms with Crippen molar-refractivity contribution in [3.05, 3.63) is 59.4 Å². The molecule has 0 radical (unpaired) electrons. The molecule has 8 nitrogen and oxygen atoms in total. The average Bonchev–Trinajstić information content (AvgIpc) is 3.23. The topological polar surface area (TPSA) is 124 Å². The molecule has 1 aliphatic carbocycles. The Morgan fingerprint density at radius 1 is 1.38 bits per heavy atom. The van der Waals surface area contributed by atoms with Crippen LogP contribution in [0.3, 0.4) is 0 Å². The number of carbonyl (C=O) groups is 1. The summed E-state index contributed by atoms with van der Waals surface area (Å²) in [5.41, 5.74) is 8.50. The zero-order valence-corrected chi connectivity index (χ0v) is 14.3. The highest BCUT2D eigenvalue weighted by Crippen LogP contribution is 2.53. The van der Waals surface area contributed by atoms with Gasteiger partial charge in [-0.25, -0.2) is 0 Å². The molecule has 8 heteroatoms. The number of hydrogen-bond acceptors (Lipinski definition) is 7. The van der Waals surface area contributed by atoms with Gasteiger partial charge in [-0.15, -0.1) is 0 Å². The van der Waals surface area contributed by atoms with Crippen molar-refractivity contribution >= 4 is 5.91 Å². The first-order valence-electron chi connectivity index (χ1n) is 8.53. The quantitative estimate of drug-likeness (QED) is 0.740. The van der Waals surface area contributed by atoms with Gasteiger partial charge in [-0.2, -0.15) is 4.98 Å². The molecule has 26 heavy (non-hydrogen) atoms. The van der Waals surface area contributed by atoms with Gasteiger partial charge in [-0.1, -0.05) is 35.5 Å². The van der Waals surface area contributed by atoms with E-state index in [0.717, 1.165) is 18.4 Å². The van der Waals surface area contributed by atoms with E-state index < -0.39 is 17.6 Å². The van der Waals surface area contributed by atoms with Crippen LogP contribution in [0.25, 0.3) is 0 Å². The molecule has 1 aromatic carbocycles. The molecular formula is C18H20N4O4. The molecule has 2 heterocycles. The monoisotopic (exact) mass is 356 g/mol. The van der Waals surface area contributed by atoms with Crippen LogP contribution in [-0.2, 0) is 15.2 Å². The molecule has 1 amide bonds. The number of amides is 1. The first-order valence-corrected chi connectivity index (χ1v) is 8.53. The summed E-state index contributed by atoms with van der Waals surface area (Å²) in [5.74, 6) is 0.454. The van der Waals surface area contributed by atoms with Crippen LogP contribution in [0.1, 0.15) is 49.1 Å². The van der Waals surface area contributed by atoms with Gasteiger partial charge in [0.05, 0.1) is 0 Å². The van der Waals surface area contributed by atoms with Gasteiger partial charge in [0.2, 0.25) is 5.89 Å². The maximum absolute atomic E-state index is 11.6. The van der Waals surface area contributed by atoms with Crippen LogP contribution >= 0.6 is 0 Å². The van der Waals surface area contributed by atoms with Gasteiger partial charge in [0, 0.05) is 11.8 Å². The van der Waals surface area contributed by atoms with Crippen molar-refractivity contribution in [2.75, 3.05) is 0 Å². The van der Waals surface area contributed by atoms with Crippen molar-refractivity contribution < 1.29 is 19.3 Å². The summed E-state index contributed by atoms with van der Waals surface area (Å²) in [6.07, 6.45) is 2.50. The molecule has 0 spiro atoms. The molecule has 0 saturated heterocycles. The Kier molecular flexibility index (Phi) is 4.01. The van der Waals surface area contributed by atoms with Crippen molar-refractivity contribution in [1.82, 2.24) is 15.6 Å². The number of aliphatic hydroxyl groups is 1. The van der Waals surface area contributed by atoms with Gasteiger partial charge in [0.15, 0.2) is 5.82 Å². The number of carbonyl (C=O) groups excluding carboxylic acids is 1. The Balaban J connectivity index is 1.58. The van der Waals surface area contributed by atoms with E-state index in [2.05, 4.69) is 15.6 Å². The maximum atomic E-state index is 11.6. The van der Waals surface area contributed by atoms with Gasteiger partial charge in [0.25, 0.3) is 5.91 Å². The molecule has 1 unspecified atom stereocenters. The average molecular weight is 356 g/mol. The van der Waals surface area contributed by atoms with Crippen LogP contribution in [0.5, 0.6) is 0 Å². The summed E-state index contributed by atoms with van der Waals surface area (Å²) >= 11 is 0. The zero-order chi connectivity index (χ0) is 18.3. The van der Waals surface area contributed by atoms with E-state index in [1.165, 1.54) is 0 Å². The third-order valence-corrected chi connectivity index (χ3v) is 5.10. The minimum absolute atomic E-state index is 0.0928. The first kappa shape index (κ1) is 16.7. The molecule has 2 aromatic rings. The molecule has 2 aliphatic rings. The standard InChI is InChI=1S/C18H20N4O4/c1-10(23)16-20-17(25-22-16)11-7-13(8-11)18(12-5-3-2-4-6-12)9-14(15(19)24)21-26-18/h2-6,9-11,13,21,23H,7-8H2,1H3,(H2,19,24)/t10-,11?,13?,18?/m1/s1. The number of aromatic nitrogens is 2. The highest BCUT2D eigenvalue weighted by molar-refractivity contribution is 5.91. The van der Waals surface area contributed by atoms with E-state index in [9.17, 15) is 9.90 Å². The lowest BCUT2D eigenvalue weighted by molar-refractivity contribution is -0.122. The molecule has 0 bridgehead atoms. The smallest absolute Gasteiger partial charge is 0.266 e. The van der Waals surface area contributed by atoms with Gasteiger partial charge in [-0.3, -0.25) is 15.1 Å². The fourth-order valence-corrected chi connectivity index (χ4v) is 3.56. The Morgan fingerprint density at radius 3 is 2.69 bits per heavy atom. The number of rotatable bonds is 5. The summed E-state index contributed by atoms with van der Waals surface area (Å²) in [5, 5.41) is 13.3. The predicted molar refractivity (Wildman–Crippen MR) is 90.0 cm³/mol. The number of nitrogens with one attached hydrogen (secondary N) is 1. The molecule has 4 rings (SSSR count). The number of hydrogen-bond donors (Lipinski definition) is 3. The van der Waals surface area contributed by atoms with E-state index in [1.807, 2.05) is 30.3 Å². The van der Waals surface area contributed by atoms with E-state index in [1.54, 1.807) is 13.0 Å². The van der Waals surface area contributed by atoms with Crippen molar-refractivity contribution in [2.24, 2.45) is 11.7 Å². The Morgan fingerprint density at radius 2 is 2.12 bits per heavy atom. The van der Waals surface area contributed by atoms with Gasteiger partial charge >= 0.3 is 0 Å².